The van der Waals surface area contributed by atoms with Crippen LogP contribution in [-0.4, -0.2) is 24.8 Å². The summed E-state index contributed by atoms with van der Waals surface area (Å²) in [5.41, 5.74) is 0.464. The van der Waals surface area contributed by atoms with Crippen LogP contribution in [0.25, 0.3) is 0 Å². The lowest BCUT2D eigenvalue weighted by Crippen LogP contribution is -2.41. The fraction of sp³-hybridized carbons (Fsp3) is 0.500. The molecule has 2 nitrogen and oxygen atoms in total. The molecule has 0 bridgehead atoms. The summed E-state index contributed by atoms with van der Waals surface area (Å²) in [6.07, 6.45) is 1.26. The van der Waals surface area contributed by atoms with E-state index in [1.165, 1.54) is 19.9 Å². The molecule has 0 N–H and O–H groups in total. The topological polar surface area (TPSA) is 34.1 Å². The highest BCUT2D eigenvalue weighted by Crippen LogP contribution is 2.27. The fourth-order valence-corrected chi connectivity index (χ4v) is 2.56. The zero-order chi connectivity index (χ0) is 14.1. The first kappa shape index (κ1) is 15.4. The summed E-state index contributed by atoms with van der Waals surface area (Å²) in [6.45, 7) is 3.03. The Bertz CT molecular complexity index is 541. The SMILES string of the molecule is CC(C)(C(Cl)Cc1ccc(F)c(F)c1)S(C)(=O)=O. The van der Waals surface area contributed by atoms with Crippen molar-refractivity contribution in [2.45, 2.75) is 30.4 Å². The van der Waals surface area contributed by atoms with Crippen LogP contribution in [0.4, 0.5) is 8.78 Å². The van der Waals surface area contributed by atoms with E-state index in [9.17, 15) is 17.2 Å². The van der Waals surface area contributed by atoms with Gasteiger partial charge in [0, 0.05) is 6.26 Å². The maximum absolute atomic E-state index is 13.0. The van der Waals surface area contributed by atoms with Gasteiger partial charge in [-0.1, -0.05) is 6.07 Å². The minimum absolute atomic E-state index is 0.152. The Morgan fingerprint density at radius 1 is 1.28 bits per heavy atom. The lowest BCUT2D eigenvalue weighted by molar-refractivity contribution is 0.505. The molecule has 1 aromatic carbocycles. The Labute approximate surface area is 111 Å². The maximum Gasteiger partial charge on any atom is 0.159 e. The average Bonchev–Trinajstić information content (AvgIpc) is 2.21. The van der Waals surface area contributed by atoms with Crippen molar-refractivity contribution in [3.8, 4) is 0 Å². The lowest BCUT2D eigenvalue weighted by Gasteiger charge is -2.28. The quantitative estimate of drug-likeness (QED) is 0.801. The highest BCUT2D eigenvalue weighted by Gasteiger charge is 2.37. The second-order valence-corrected chi connectivity index (χ2v) is 7.92. The van der Waals surface area contributed by atoms with E-state index in [0.29, 0.717) is 5.56 Å². The van der Waals surface area contributed by atoms with Crippen LogP contribution in [0.2, 0.25) is 0 Å². The standard InChI is InChI=1S/C12H15ClF2O2S/c1-12(2,18(3,16)17)11(13)7-8-4-5-9(14)10(15)6-8/h4-6,11H,7H2,1-3H3. The van der Waals surface area contributed by atoms with Crippen molar-refractivity contribution in [3.05, 3.63) is 35.4 Å². The fourth-order valence-electron chi connectivity index (χ4n) is 1.35. The van der Waals surface area contributed by atoms with Crippen LogP contribution < -0.4 is 0 Å². The van der Waals surface area contributed by atoms with Crippen LogP contribution in [0.5, 0.6) is 0 Å². The molecule has 0 spiro atoms. The molecule has 0 aromatic heterocycles. The molecule has 0 saturated heterocycles. The van der Waals surface area contributed by atoms with Gasteiger partial charge in [-0.25, -0.2) is 17.2 Å². The minimum Gasteiger partial charge on any atom is -0.229 e. The van der Waals surface area contributed by atoms with Gasteiger partial charge in [-0.3, -0.25) is 0 Å². The first-order valence-corrected chi connectivity index (χ1v) is 7.66. The summed E-state index contributed by atoms with van der Waals surface area (Å²) in [7, 11) is -3.34. The highest BCUT2D eigenvalue weighted by atomic mass is 35.5. The van der Waals surface area contributed by atoms with Gasteiger partial charge in [-0.05, 0) is 38.0 Å². The van der Waals surface area contributed by atoms with E-state index in [1.54, 1.807) is 0 Å². The highest BCUT2D eigenvalue weighted by molar-refractivity contribution is 7.92. The van der Waals surface area contributed by atoms with Crippen LogP contribution in [-0.2, 0) is 16.3 Å². The summed E-state index contributed by atoms with van der Waals surface area (Å²) in [5, 5.41) is -0.725. The van der Waals surface area contributed by atoms with Gasteiger partial charge in [0.2, 0.25) is 0 Å². The monoisotopic (exact) mass is 296 g/mol. The van der Waals surface area contributed by atoms with Crippen molar-refractivity contribution in [1.82, 2.24) is 0 Å². The molecule has 0 saturated carbocycles. The van der Waals surface area contributed by atoms with Crippen molar-refractivity contribution in [2.75, 3.05) is 6.26 Å². The molecule has 6 heteroatoms. The summed E-state index contributed by atoms with van der Waals surface area (Å²) < 4.78 is 47.8. The summed E-state index contributed by atoms with van der Waals surface area (Å²) in [6, 6.07) is 3.43. The zero-order valence-corrected chi connectivity index (χ0v) is 11.9. The molecule has 0 aliphatic heterocycles. The van der Waals surface area contributed by atoms with E-state index in [2.05, 4.69) is 0 Å². The molecule has 1 unspecified atom stereocenters. The molecule has 1 aromatic rings. The number of benzene rings is 1. The Morgan fingerprint density at radius 2 is 1.83 bits per heavy atom. The van der Waals surface area contributed by atoms with Gasteiger partial charge < -0.3 is 0 Å². The molecule has 0 radical (unpaired) electrons. The van der Waals surface area contributed by atoms with Gasteiger partial charge in [0.05, 0.1) is 10.1 Å². The Kier molecular flexibility index (Phi) is 4.38. The van der Waals surface area contributed by atoms with Crippen LogP contribution in [0.15, 0.2) is 18.2 Å². The first-order chi connectivity index (χ1) is 8.05. The smallest absolute Gasteiger partial charge is 0.159 e. The van der Waals surface area contributed by atoms with E-state index in [-0.39, 0.29) is 6.42 Å². The molecule has 18 heavy (non-hydrogen) atoms. The third-order valence-electron chi connectivity index (χ3n) is 3.11. The number of halogens is 3. The molecule has 1 rings (SSSR count). The third kappa shape index (κ3) is 3.20. The number of hydrogen-bond acceptors (Lipinski definition) is 2. The second kappa shape index (κ2) is 5.13. The summed E-state index contributed by atoms with van der Waals surface area (Å²) >= 11 is 6.09. The number of hydrogen-bond donors (Lipinski definition) is 0. The van der Waals surface area contributed by atoms with Gasteiger partial charge in [0.25, 0.3) is 0 Å². The van der Waals surface area contributed by atoms with Crippen LogP contribution in [0, 0.1) is 11.6 Å². The minimum atomic E-state index is -3.34. The largest absolute Gasteiger partial charge is 0.229 e. The van der Waals surface area contributed by atoms with Crippen LogP contribution >= 0.6 is 11.6 Å². The van der Waals surface area contributed by atoms with E-state index in [4.69, 9.17) is 11.6 Å². The predicted octanol–water partition coefficient (Wildman–Crippen LogP) is 2.94. The van der Waals surface area contributed by atoms with Crippen molar-refractivity contribution < 1.29 is 17.2 Å². The van der Waals surface area contributed by atoms with Gasteiger partial charge in [-0.15, -0.1) is 11.6 Å². The van der Waals surface area contributed by atoms with E-state index < -0.39 is 31.6 Å². The van der Waals surface area contributed by atoms with Crippen molar-refractivity contribution in [2.24, 2.45) is 0 Å². The molecule has 0 aliphatic carbocycles. The van der Waals surface area contributed by atoms with Crippen molar-refractivity contribution >= 4 is 21.4 Å². The third-order valence-corrected chi connectivity index (χ3v) is 6.13. The maximum atomic E-state index is 13.0. The number of sulfone groups is 1. The van der Waals surface area contributed by atoms with E-state index in [1.807, 2.05) is 0 Å². The van der Waals surface area contributed by atoms with Crippen LogP contribution in [0.1, 0.15) is 19.4 Å². The summed E-state index contributed by atoms with van der Waals surface area (Å²) in [5.74, 6) is -1.90. The van der Waals surface area contributed by atoms with E-state index in [0.717, 1.165) is 18.4 Å². The number of rotatable bonds is 4. The molecular formula is C12H15ClF2O2S. The second-order valence-electron chi connectivity index (χ2n) is 4.80. The first-order valence-electron chi connectivity index (χ1n) is 5.33. The average molecular weight is 297 g/mol. The summed E-state index contributed by atoms with van der Waals surface area (Å²) in [4.78, 5) is 0. The van der Waals surface area contributed by atoms with E-state index >= 15 is 0 Å². The molecule has 102 valence electrons. The Hall–Kier alpha value is -0.680. The Morgan fingerprint density at radius 3 is 2.28 bits per heavy atom. The molecular weight excluding hydrogens is 282 g/mol. The zero-order valence-electron chi connectivity index (χ0n) is 10.4. The van der Waals surface area contributed by atoms with Crippen LogP contribution in [0.3, 0.4) is 0 Å². The normalized spacial score (nSPS) is 14.6. The van der Waals surface area contributed by atoms with Gasteiger partial charge in [-0.2, -0.15) is 0 Å². The molecule has 0 fully saturated rings. The lowest BCUT2D eigenvalue weighted by atomic mass is 10.0. The van der Waals surface area contributed by atoms with Gasteiger partial charge in [0.15, 0.2) is 21.5 Å². The van der Waals surface area contributed by atoms with Crippen molar-refractivity contribution in [3.63, 3.8) is 0 Å². The Balaban J connectivity index is 2.94. The molecule has 1 atom stereocenters. The molecule has 0 heterocycles. The predicted molar refractivity (Wildman–Crippen MR) is 68.6 cm³/mol. The number of alkyl halides is 1. The van der Waals surface area contributed by atoms with Gasteiger partial charge >= 0.3 is 0 Å². The molecule has 0 amide bonds. The van der Waals surface area contributed by atoms with Gasteiger partial charge in [0.1, 0.15) is 0 Å². The molecule has 0 aliphatic rings. The van der Waals surface area contributed by atoms with Crippen molar-refractivity contribution in [1.29, 1.82) is 0 Å².